The lowest BCUT2D eigenvalue weighted by molar-refractivity contribution is 0.102. The first-order valence-corrected chi connectivity index (χ1v) is 11.1. The molecule has 3 aromatic rings. The molecule has 0 aliphatic carbocycles. The minimum atomic E-state index is -3.83. The molecule has 0 fully saturated rings. The Morgan fingerprint density at radius 2 is 1.90 bits per heavy atom. The summed E-state index contributed by atoms with van der Waals surface area (Å²) in [7, 11) is -3.83. The van der Waals surface area contributed by atoms with Crippen LogP contribution in [0.25, 0.3) is 0 Å². The Kier molecular flexibility index (Phi) is 7.04. The molecule has 3 rings (SSSR count). The fourth-order valence-electron chi connectivity index (χ4n) is 2.40. The van der Waals surface area contributed by atoms with E-state index >= 15 is 0 Å². The van der Waals surface area contributed by atoms with Gasteiger partial charge < -0.3 is 4.74 Å². The summed E-state index contributed by atoms with van der Waals surface area (Å²) in [6.45, 7) is 2.59. The van der Waals surface area contributed by atoms with Gasteiger partial charge in [-0.1, -0.05) is 59.4 Å². The summed E-state index contributed by atoms with van der Waals surface area (Å²) in [6, 6.07) is 16.6. The molecule has 1 amide bonds. The molecule has 10 heteroatoms. The average molecular weight is 433 g/mol. The number of carbonyl (C=O) groups excluding carboxylic acids is 1. The quantitative estimate of drug-likeness (QED) is 0.397. The van der Waals surface area contributed by atoms with Crippen molar-refractivity contribution in [1.82, 2.24) is 14.9 Å². The van der Waals surface area contributed by atoms with E-state index in [0.717, 1.165) is 22.5 Å². The van der Waals surface area contributed by atoms with Crippen LogP contribution in [0, 0.1) is 6.92 Å². The van der Waals surface area contributed by atoms with E-state index in [1.54, 1.807) is 18.2 Å². The second kappa shape index (κ2) is 9.70. The van der Waals surface area contributed by atoms with E-state index in [1.165, 1.54) is 0 Å². The van der Waals surface area contributed by atoms with Gasteiger partial charge in [0, 0.05) is 12.1 Å². The van der Waals surface area contributed by atoms with Crippen LogP contribution in [0.1, 0.15) is 21.5 Å². The van der Waals surface area contributed by atoms with Crippen molar-refractivity contribution in [2.24, 2.45) is 0 Å². The van der Waals surface area contributed by atoms with Crippen LogP contribution in [0.2, 0.25) is 0 Å². The van der Waals surface area contributed by atoms with Crippen molar-refractivity contribution in [3.63, 3.8) is 0 Å². The zero-order valence-corrected chi connectivity index (χ0v) is 17.3. The Bertz CT molecular complexity index is 1070. The Morgan fingerprint density at radius 1 is 1.10 bits per heavy atom. The van der Waals surface area contributed by atoms with Crippen LogP contribution in [-0.4, -0.2) is 37.7 Å². The van der Waals surface area contributed by atoms with Crippen molar-refractivity contribution in [3.05, 3.63) is 71.3 Å². The summed E-state index contributed by atoms with van der Waals surface area (Å²) in [5, 5.41) is 10.1. The van der Waals surface area contributed by atoms with E-state index in [2.05, 4.69) is 20.2 Å². The third-order valence-electron chi connectivity index (χ3n) is 3.79. The molecule has 0 aliphatic rings. The Balaban J connectivity index is 1.49. The van der Waals surface area contributed by atoms with Crippen LogP contribution in [-0.2, 0) is 21.4 Å². The standard InChI is InChI=1S/C19H20N4O4S2/c1-14-6-5-9-16(12-14)17(24)21-18-22-23-19(28-18)29(25,26)20-10-11-27-13-15-7-3-2-4-8-15/h2-9,12,20H,10-11,13H2,1H3,(H,21,22,24). The number of aryl methyl sites for hydroxylation is 1. The molecule has 2 aromatic carbocycles. The highest BCUT2D eigenvalue weighted by atomic mass is 32.2. The van der Waals surface area contributed by atoms with Crippen molar-refractivity contribution in [2.45, 2.75) is 17.9 Å². The van der Waals surface area contributed by atoms with E-state index in [9.17, 15) is 13.2 Å². The number of nitrogens with one attached hydrogen (secondary N) is 2. The minimum absolute atomic E-state index is 0.0970. The molecule has 0 bridgehead atoms. The van der Waals surface area contributed by atoms with Crippen molar-refractivity contribution < 1.29 is 17.9 Å². The highest BCUT2D eigenvalue weighted by Gasteiger charge is 2.20. The third-order valence-corrected chi connectivity index (χ3v) is 6.45. The number of amides is 1. The Morgan fingerprint density at radius 3 is 2.66 bits per heavy atom. The van der Waals surface area contributed by atoms with Gasteiger partial charge in [0.2, 0.25) is 9.47 Å². The Hall–Kier alpha value is -2.66. The van der Waals surface area contributed by atoms with Gasteiger partial charge in [-0.05, 0) is 24.6 Å². The van der Waals surface area contributed by atoms with Gasteiger partial charge in [-0.25, -0.2) is 13.1 Å². The first kappa shape index (κ1) is 21.1. The van der Waals surface area contributed by atoms with Crippen molar-refractivity contribution in [3.8, 4) is 0 Å². The smallest absolute Gasteiger partial charge is 0.269 e. The highest BCUT2D eigenvalue weighted by molar-refractivity contribution is 7.91. The van der Waals surface area contributed by atoms with Gasteiger partial charge in [-0.15, -0.1) is 10.2 Å². The molecular formula is C19H20N4O4S2. The molecule has 0 unspecified atom stereocenters. The maximum Gasteiger partial charge on any atom is 0.269 e. The number of ether oxygens (including phenoxy) is 1. The van der Waals surface area contributed by atoms with Gasteiger partial charge in [0.15, 0.2) is 0 Å². The highest BCUT2D eigenvalue weighted by Crippen LogP contribution is 2.20. The van der Waals surface area contributed by atoms with Gasteiger partial charge in [-0.3, -0.25) is 10.1 Å². The molecule has 0 saturated heterocycles. The van der Waals surface area contributed by atoms with Gasteiger partial charge in [-0.2, -0.15) is 0 Å². The molecule has 2 N–H and O–H groups in total. The fourth-order valence-corrected chi connectivity index (χ4v) is 4.35. The number of hydrogen-bond acceptors (Lipinski definition) is 7. The predicted octanol–water partition coefficient (Wildman–Crippen LogP) is 2.59. The maximum atomic E-state index is 12.3. The number of hydrogen-bond donors (Lipinski definition) is 2. The normalized spacial score (nSPS) is 11.3. The van der Waals surface area contributed by atoms with E-state index in [0.29, 0.717) is 12.2 Å². The number of benzene rings is 2. The molecule has 29 heavy (non-hydrogen) atoms. The molecule has 152 valence electrons. The summed E-state index contributed by atoms with van der Waals surface area (Å²) in [5.41, 5.74) is 2.41. The van der Waals surface area contributed by atoms with E-state index < -0.39 is 10.0 Å². The first-order valence-electron chi connectivity index (χ1n) is 8.77. The van der Waals surface area contributed by atoms with Crippen molar-refractivity contribution >= 4 is 32.4 Å². The zero-order chi connectivity index (χ0) is 20.7. The number of sulfonamides is 1. The van der Waals surface area contributed by atoms with Crippen molar-refractivity contribution in [2.75, 3.05) is 18.5 Å². The summed E-state index contributed by atoms with van der Waals surface area (Å²) in [6.07, 6.45) is 0. The zero-order valence-electron chi connectivity index (χ0n) is 15.7. The van der Waals surface area contributed by atoms with Crippen molar-refractivity contribution in [1.29, 1.82) is 0 Å². The largest absolute Gasteiger partial charge is 0.375 e. The number of carbonyl (C=O) groups is 1. The van der Waals surface area contributed by atoms with Crippen LogP contribution in [0.3, 0.4) is 0 Å². The lowest BCUT2D eigenvalue weighted by Gasteiger charge is -2.05. The lowest BCUT2D eigenvalue weighted by atomic mass is 10.1. The molecule has 0 spiro atoms. The summed E-state index contributed by atoms with van der Waals surface area (Å²) >= 11 is 0.782. The molecular weight excluding hydrogens is 412 g/mol. The van der Waals surface area contributed by atoms with Crippen LogP contribution in [0.4, 0.5) is 5.13 Å². The molecule has 0 atom stereocenters. The summed E-state index contributed by atoms with van der Waals surface area (Å²) in [5.74, 6) is -0.379. The number of anilines is 1. The third kappa shape index (κ3) is 6.16. The predicted molar refractivity (Wildman–Crippen MR) is 110 cm³/mol. The molecule has 0 radical (unpaired) electrons. The van der Waals surface area contributed by atoms with E-state index in [1.807, 2.05) is 43.3 Å². The van der Waals surface area contributed by atoms with Crippen LogP contribution in [0.5, 0.6) is 0 Å². The first-order chi connectivity index (χ1) is 13.9. The summed E-state index contributed by atoms with van der Waals surface area (Å²) in [4.78, 5) is 12.2. The Labute approximate surface area is 173 Å². The number of aromatic nitrogens is 2. The fraction of sp³-hybridized carbons (Fsp3) is 0.211. The second-order valence-electron chi connectivity index (χ2n) is 6.13. The molecule has 0 saturated carbocycles. The molecule has 1 heterocycles. The van der Waals surface area contributed by atoms with Gasteiger partial charge >= 0.3 is 0 Å². The van der Waals surface area contributed by atoms with Gasteiger partial charge in [0.05, 0.1) is 13.2 Å². The maximum absolute atomic E-state index is 12.3. The molecule has 1 aromatic heterocycles. The monoisotopic (exact) mass is 432 g/mol. The number of nitrogens with zero attached hydrogens (tertiary/aromatic N) is 2. The number of rotatable bonds is 9. The summed E-state index contributed by atoms with van der Waals surface area (Å²) < 4.78 is 32.3. The second-order valence-corrected chi connectivity index (χ2v) is 9.05. The lowest BCUT2D eigenvalue weighted by Crippen LogP contribution is -2.27. The van der Waals surface area contributed by atoms with E-state index in [-0.39, 0.29) is 28.5 Å². The average Bonchev–Trinajstić information content (AvgIpc) is 3.18. The van der Waals surface area contributed by atoms with Crippen LogP contribution < -0.4 is 10.0 Å². The van der Waals surface area contributed by atoms with Gasteiger partial charge in [0.25, 0.3) is 15.9 Å². The van der Waals surface area contributed by atoms with Gasteiger partial charge in [0.1, 0.15) is 0 Å². The van der Waals surface area contributed by atoms with Crippen LogP contribution >= 0.6 is 11.3 Å². The topological polar surface area (TPSA) is 110 Å². The van der Waals surface area contributed by atoms with E-state index in [4.69, 9.17) is 4.74 Å². The SMILES string of the molecule is Cc1cccc(C(=O)Nc2nnc(S(=O)(=O)NCCOCc3ccccc3)s2)c1. The van der Waals surface area contributed by atoms with Crippen LogP contribution in [0.15, 0.2) is 58.9 Å². The molecule has 8 nitrogen and oxygen atoms in total. The molecule has 0 aliphatic heterocycles. The minimum Gasteiger partial charge on any atom is -0.375 e.